The number of halogens is 1. The molecule has 1 atom stereocenters. The van der Waals surface area contributed by atoms with E-state index >= 15 is 0 Å². The van der Waals surface area contributed by atoms with Crippen LogP contribution in [0.2, 0.25) is 0 Å². The Morgan fingerprint density at radius 2 is 2.17 bits per heavy atom. The van der Waals surface area contributed by atoms with Crippen LogP contribution in [0.1, 0.15) is 18.4 Å². The molecule has 2 aromatic heterocycles. The zero-order valence-corrected chi connectivity index (χ0v) is 16.2. The summed E-state index contributed by atoms with van der Waals surface area (Å²) in [5.41, 5.74) is 6.51. The number of nitrogens with zero attached hydrogens (tertiary/aromatic N) is 2. The normalized spacial score (nSPS) is 22.2. The maximum absolute atomic E-state index is 12.8. The SMILES string of the molecule is Cc1nc(-c2ccc(S(=O)(=O)N3CCC(C)(CN)C3)s2)cs1.Cl. The van der Waals surface area contributed by atoms with Gasteiger partial charge in [-0.05, 0) is 37.4 Å². The van der Waals surface area contributed by atoms with Crippen molar-refractivity contribution in [3.8, 4) is 10.6 Å². The molecule has 0 saturated carbocycles. The Balaban J connectivity index is 0.00000192. The summed E-state index contributed by atoms with van der Waals surface area (Å²) in [7, 11) is -3.43. The quantitative estimate of drug-likeness (QED) is 0.866. The fraction of sp³-hybridized carbons (Fsp3) is 0.500. The van der Waals surface area contributed by atoms with E-state index < -0.39 is 10.0 Å². The van der Waals surface area contributed by atoms with Gasteiger partial charge in [-0.1, -0.05) is 6.92 Å². The topological polar surface area (TPSA) is 76.3 Å². The van der Waals surface area contributed by atoms with Crippen molar-refractivity contribution >= 4 is 45.1 Å². The van der Waals surface area contributed by atoms with Crippen LogP contribution in [0.25, 0.3) is 10.6 Å². The first-order chi connectivity index (χ1) is 10.3. The Labute approximate surface area is 151 Å². The number of sulfonamides is 1. The van der Waals surface area contributed by atoms with E-state index in [1.807, 2.05) is 25.3 Å². The number of aryl methyl sites for hydroxylation is 1. The van der Waals surface area contributed by atoms with Gasteiger partial charge in [0, 0.05) is 18.5 Å². The van der Waals surface area contributed by atoms with Gasteiger partial charge >= 0.3 is 0 Å². The third-order valence-corrected chi connectivity index (χ3v) is 8.26. The molecule has 23 heavy (non-hydrogen) atoms. The molecule has 9 heteroatoms. The Kier molecular flexibility index (Phi) is 5.55. The number of hydrogen-bond donors (Lipinski definition) is 1. The molecule has 2 N–H and O–H groups in total. The van der Waals surface area contributed by atoms with E-state index in [-0.39, 0.29) is 17.8 Å². The van der Waals surface area contributed by atoms with Gasteiger partial charge in [-0.15, -0.1) is 35.1 Å². The Bertz CT molecular complexity index is 787. The first-order valence-corrected chi connectivity index (χ1v) is 10.2. The molecule has 1 fully saturated rings. The van der Waals surface area contributed by atoms with Gasteiger partial charge in [0.2, 0.25) is 0 Å². The second-order valence-corrected chi connectivity index (χ2v) is 10.3. The second kappa shape index (κ2) is 6.78. The minimum absolute atomic E-state index is 0. The van der Waals surface area contributed by atoms with Gasteiger partial charge in [-0.3, -0.25) is 0 Å². The van der Waals surface area contributed by atoms with E-state index in [9.17, 15) is 8.42 Å². The summed E-state index contributed by atoms with van der Waals surface area (Å²) >= 11 is 2.85. The van der Waals surface area contributed by atoms with Gasteiger partial charge in [0.25, 0.3) is 10.0 Å². The highest BCUT2D eigenvalue weighted by molar-refractivity contribution is 7.91. The van der Waals surface area contributed by atoms with Gasteiger partial charge in [0.1, 0.15) is 4.21 Å². The predicted molar refractivity (Wildman–Crippen MR) is 97.9 cm³/mol. The summed E-state index contributed by atoms with van der Waals surface area (Å²) < 4.78 is 27.5. The standard InChI is InChI=1S/C14H19N3O2S3.ClH/c1-10-16-11(7-20-10)12-3-4-13(21-12)22(18,19)17-6-5-14(2,8-15)9-17;/h3-4,7H,5-6,8-9,15H2,1-2H3;1H. The summed E-state index contributed by atoms with van der Waals surface area (Å²) in [5.74, 6) is 0. The molecule has 1 unspecified atom stereocenters. The lowest BCUT2D eigenvalue weighted by Gasteiger charge is -2.21. The van der Waals surface area contributed by atoms with E-state index in [0.717, 1.165) is 22.0 Å². The zero-order chi connectivity index (χ0) is 16.0. The highest BCUT2D eigenvalue weighted by Gasteiger charge is 2.39. The van der Waals surface area contributed by atoms with Crippen LogP contribution in [-0.2, 0) is 10.0 Å². The van der Waals surface area contributed by atoms with Crippen molar-refractivity contribution in [3.05, 3.63) is 22.5 Å². The molecule has 0 spiro atoms. The average Bonchev–Trinajstić information content (AvgIpc) is 3.17. The molecule has 1 aliphatic heterocycles. The summed E-state index contributed by atoms with van der Waals surface area (Å²) in [5, 5.41) is 2.94. The minimum Gasteiger partial charge on any atom is -0.330 e. The largest absolute Gasteiger partial charge is 0.330 e. The highest BCUT2D eigenvalue weighted by Crippen LogP contribution is 2.36. The van der Waals surface area contributed by atoms with Crippen LogP contribution in [-0.4, -0.2) is 37.3 Å². The number of nitrogens with two attached hydrogens (primary N) is 1. The Morgan fingerprint density at radius 1 is 1.43 bits per heavy atom. The first kappa shape index (κ1) is 18.8. The number of thiazole rings is 1. The fourth-order valence-corrected chi connectivity index (χ4v) is 6.25. The van der Waals surface area contributed by atoms with E-state index in [4.69, 9.17) is 5.73 Å². The molecule has 0 amide bonds. The van der Waals surface area contributed by atoms with Crippen LogP contribution in [0, 0.1) is 12.3 Å². The molecule has 5 nitrogen and oxygen atoms in total. The molecule has 3 heterocycles. The van der Waals surface area contributed by atoms with Crippen LogP contribution in [0.5, 0.6) is 0 Å². The van der Waals surface area contributed by atoms with Crippen molar-refractivity contribution in [3.63, 3.8) is 0 Å². The van der Waals surface area contributed by atoms with Crippen molar-refractivity contribution in [1.82, 2.24) is 9.29 Å². The monoisotopic (exact) mass is 393 g/mol. The smallest absolute Gasteiger partial charge is 0.252 e. The van der Waals surface area contributed by atoms with E-state index in [0.29, 0.717) is 23.8 Å². The lowest BCUT2D eigenvalue weighted by Crippen LogP contribution is -2.34. The third kappa shape index (κ3) is 3.62. The van der Waals surface area contributed by atoms with Crippen LogP contribution < -0.4 is 5.73 Å². The van der Waals surface area contributed by atoms with Gasteiger partial charge in [0.15, 0.2) is 0 Å². The second-order valence-electron chi connectivity index (χ2n) is 5.97. The molecule has 0 aliphatic carbocycles. The molecule has 0 bridgehead atoms. The molecule has 0 aromatic carbocycles. The van der Waals surface area contributed by atoms with Gasteiger partial charge in [-0.25, -0.2) is 13.4 Å². The van der Waals surface area contributed by atoms with Crippen molar-refractivity contribution in [2.45, 2.75) is 24.5 Å². The van der Waals surface area contributed by atoms with Crippen LogP contribution >= 0.6 is 35.1 Å². The number of thiophene rings is 1. The van der Waals surface area contributed by atoms with Gasteiger partial charge in [0.05, 0.1) is 15.6 Å². The van der Waals surface area contributed by atoms with Crippen molar-refractivity contribution in [2.24, 2.45) is 11.1 Å². The molecule has 2 aromatic rings. The van der Waals surface area contributed by atoms with E-state index in [1.165, 1.54) is 11.3 Å². The Hall–Kier alpha value is -0.510. The maximum atomic E-state index is 12.8. The minimum atomic E-state index is -3.43. The van der Waals surface area contributed by atoms with Crippen molar-refractivity contribution < 1.29 is 8.42 Å². The maximum Gasteiger partial charge on any atom is 0.252 e. The zero-order valence-electron chi connectivity index (χ0n) is 13.0. The molecule has 0 radical (unpaired) electrons. The average molecular weight is 394 g/mol. The summed E-state index contributed by atoms with van der Waals surface area (Å²) in [6.07, 6.45) is 0.812. The molecular weight excluding hydrogens is 374 g/mol. The number of hydrogen-bond acceptors (Lipinski definition) is 6. The lowest BCUT2D eigenvalue weighted by molar-refractivity contribution is 0.350. The highest BCUT2D eigenvalue weighted by atomic mass is 35.5. The van der Waals surface area contributed by atoms with Gasteiger partial charge in [-0.2, -0.15) is 4.31 Å². The first-order valence-electron chi connectivity index (χ1n) is 7.07. The van der Waals surface area contributed by atoms with Crippen LogP contribution in [0.3, 0.4) is 0 Å². The van der Waals surface area contributed by atoms with E-state index in [1.54, 1.807) is 21.7 Å². The van der Waals surface area contributed by atoms with Crippen molar-refractivity contribution in [2.75, 3.05) is 19.6 Å². The summed E-state index contributed by atoms with van der Waals surface area (Å²) in [6, 6.07) is 3.52. The molecule has 128 valence electrons. The van der Waals surface area contributed by atoms with Crippen LogP contribution in [0.15, 0.2) is 21.7 Å². The van der Waals surface area contributed by atoms with Crippen molar-refractivity contribution in [1.29, 1.82) is 0 Å². The number of rotatable bonds is 4. The summed E-state index contributed by atoms with van der Waals surface area (Å²) in [6.45, 7) is 5.53. The lowest BCUT2D eigenvalue weighted by atomic mass is 9.90. The molecule has 1 aliphatic rings. The third-order valence-electron chi connectivity index (χ3n) is 4.06. The van der Waals surface area contributed by atoms with E-state index in [2.05, 4.69) is 4.98 Å². The number of aromatic nitrogens is 1. The van der Waals surface area contributed by atoms with Crippen LogP contribution in [0.4, 0.5) is 0 Å². The fourth-order valence-electron chi connectivity index (χ4n) is 2.55. The summed E-state index contributed by atoms with van der Waals surface area (Å²) in [4.78, 5) is 5.31. The predicted octanol–water partition coefficient (Wildman–Crippen LogP) is 2.96. The van der Waals surface area contributed by atoms with Gasteiger partial charge < -0.3 is 5.73 Å². The Morgan fingerprint density at radius 3 is 2.74 bits per heavy atom. The molecule has 3 rings (SSSR count). The molecular formula is C14H20ClN3O2S3. The molecule has 1 saturated heterocycles.